The number of carbonyl (C=O) groups is 2. The van der Waals surface area contributed by atoms with E-state index in [1.165, 1.54) is 12.1 Å². The number of carbonyl (C=O) groups excluding carboxylic acids is 2. The molecule has 0 aromatic heterocycles. The Labute approximate surface area is 115 Å². The van der Waals surface area contributed by atoms with E-state index in [1.807, 2.05) is 0 Å². The Morgan fingerprint density at radius 1 is 1.30 bits per heavy atom. The van der Waals surface area contributed by atoms with Crippen LogP contribution in [-0.2, 0) is 9.53 Å². The molecule has 2 aliphatic heterocycles. The molecular formula is C14H14FNO4. The van der Waals surface area contributed by atoms with Crippen molar-refractivity contribution in [1.82, 2.24) is 4.90 Å². The number of hydrogen-bond donors (Lipinski definition) is 0. The smallest absolute Gasteiger partial charge is 0.264 e. The number of rotatable bonds is 1. The van der Waals surface area contributed by atoms with Gasteiger partial charge in [0.05, 0.1) is 25.2 Å². The minimum absolute atomic E-state index is 0.0490. The van der Waals surface area contributed by atoms with Crippen LogP contribution in [0.3, 0.4) is 0 Å². The quantitative estimate of drug-likeness (QED) is 0.770. The third-order valence-electron chi connectivity index (χ3n) is 3.48. The van der Waals surface area contributed by atoms with E-state index < -0.39 is 11.9 Å². The Kier molecular flexibility index (Phi) is 3.40. The van der Waals surface area contributed by atoms with Crippen molar-refractivity contribution in [2.75, 3.05) is 26.3 Å². The number of amides is 1. The lowest BCUT2D eigenvalue weighted by molar-refractivity contribution is -0.143. The van der Waals surface area contributed by atoms with Crippen molar-refractivity contribution < 1.29 is 23.5 Å². The van der Waals surface area contributed by atoms with E-state index in [1.54, 1.807) is 4.90 Å². The van der Waals surface area contributed by atoms with E-state index in [9.17, 15) is 14.0 Å². The Hall–Kier alpha value is -1.95. The van der Waals surface area contributed by atoms with E-state index in [4.69, 9.17) is 9.47 Å². The number of fused-ring (bicyclic) bond motifs is 1. The zero-order valence-corrected chi connectivity index (χ0v) is 10.8. The zero-order valence-electron chi connectivity index (χ0n) is 10.8. The van der Waals surface area contributed by atoms with Crippen LogP contribution in [0.15, 0.2) is 18.2 Å². The molecule has 2 heterocycles. The molecule has 0 spiro atoms. The highest BCUT2D eigenvalue weighted by molar-refractivity contribution is 6.03. The summed E-state index contributed by atoms with van der Waals surface area (Å²) in [7, 11) is 0. The fourth-order valence-electron chi connectivity index (χ4n) is 2.42. The first-order chi connectivity index (χ1) is 9.65. The summed E-state index contributed by atoms with van der Waals surface area (Å²) in [5.74, 6) is -0.693. The van der Waals surface area contributed by atoms with Crippen molar-refractivity contribution in [3.05, 3.63) is 29.6 Å². The number of nitrogens with zero attached hydrogens (tertiary/aromatic N) is 1. The number of hydrogen-bond acceptors (Lipinski definition) is 4. The van der Waals surface area contributed by atoms with Crippen molar-refractivity contribution in [3.8, 4) is 5.75 Å². The number of Topliss-reactive ketones (excluding diaryl/α,β-unsaturated/α-hetero) is 1. The van der Waals surface area contributed by atoms with Crippen molar-refractivity contribution in [3.63, 3.8) is 0 Å². The van der Waals surface area contributed by atoms with Crippen molar-refractivity contribution in [2.45, 2.75) is 12.5 Å². The summed E-state index contributed by atoms with van der Waals surface area (Å²) in [5.41, 5.74) is 0.205. The minimum atomic E-state index is -0.821. The molecule has 1 amide bonds. The maximum absolute atomic E-state index is 13.1. The summed E-state index contributed by atoms with van der Waals surface area (Å²) in [6, 6.07) is 3.75. The van der Waals surface area contributed by atoms with Crippen molar-refractivity contribution in [2.24, 2.45) is 0 Å². The average Bonchev–Trinajstić information content (AvgIpc) is 2.48. The first-order valence-electron chi connectivity index (χ1n) is 6.51. The van der Waals surface area contributed by atoms with Crippen LogP contribution < -0.4 is 4.74 Å². The lowest BCUT2D eigenvalue weighted by Crippen LogP contribution is -2.49. The average molecular weight is 279 g/mol. The number of halogens is 1. The highest BCUT2D eigenvalue weighted by atomic mass is 19.1. The van der Waals surface area contributed by atoms with Gasteiger partial charge in [-0.15, -0.1) is 0 Å². The lowest BCUT2D eigenvalue weighted by Gasteiger charge is -2.32. The van der Waals surface area contributed by atoms with Crippen LogP contribution in [0, 0.1) is 5.82 Å². The van der Waals surface area contributed by atoms with Crippen LogP contribution in [-0.4, -0.2) is 49.0 Å². The number of morpholine rings is 1. The third-order valence-corrected chi connectivity index (χ3v) is 3.48. The zero-order chi connectivity index (χ0) is 14.1. The Morgan fingerprint density at radius 3 is 2.80 bits per heavy atom. The standard InChI is InChI=1S/C14H14FNO4/c15-9-1-2-12-10(7-9)11(17)8-13(20-12)14(18)16-3-5-19-6-4-16/h1-2,7,13H,3-6,8H2. The molecule has 1 aromatic rings. The molecule has 6 heteroatoms. The van der Waals surface area contributed by atoms with Gasteiger partial charge in [0.2, 0.25) is 0 Å². The van der Waals surface area contributed by atoms with E-state index >= 15 is 0 Å². The molecule has 2 aliphatic rings. The fraction of sp³-hybridized carbons (Fsp3) is 0.429. The second-order valence-corrected chi connectivity index (χ2v) is 4.81. The molecule has 5 nitrogen and oxygen atoms in total. The molecule has 106 valence electrons. The van der Waals surface area contributed by atoms with Gasteiger partial charge in [-0.3, -0.25) is 9.59 Å². The van der Waals surface area contributed by atoms with E-state index in [0.29, 0.717) is 26.3 Å². The van der Waals surface area contributed by atoms with Crippen LogP contribution in [0.2, 0.25) is 0 Å². The van der Waals surface area contributed by atoms with Crippen LogP contribution in [0.4, 0.5) is 4.39 Å². The van der Waals surface area contributed by atoms with Crippen molar-refractivity contribution >= 4 is 11.7 Å². The topological polar surface area (TPSA) is 55.8 Å². The molecule has 0 aliphatic carbocycles. The maximum Gasteiger partial charge on any atom is 0.264 e. The lowest BCUT2D eigenvalue weighted by atomic mass is 10.00. The number of ketones is 1. The fourth-order valence-corrected chi connectivity index (χ4v) is 2.42. The second kappa shape index (κ2) is 5.20. The monoisotopic (exact) mass is 279 g/mol. The molecule has 0 radical (unpaired) electrons. The summed E-state index contributed by atoms with van der Waals surface area (Å²) in [6.07, 6.45) is -0.870. The van der Waals surface area contributed by atoms with Gasteiger partial charge in [-0.05, 0) is 18.2 Å². The molecule has 1 atom stereocenters. The first-order valence-corrected chi connectivity index (χ1v) is 6.51. The Balaban J connectivity index is 1.79. The van der Waals surface area contributed by atoms with Crippen LogP contribution in [0.25, 0.3) is 0 Å². The summed E-state index contributed by atoms with van der Waals surface area (Å²) in [6.45, 7) is 1.99. The van der Waals surface area contributed by atoms with Gasteiger partial charge in [0.1, 0.15) is 11.6 Å². The van der Waals surface area contributed by atoms with Gasteiger partial charge in [-0.1, -0.05) is 0 Å². The Bertz CT molecular complexity index is 554. The van der Waals surface area contributed by atoms with E-state index in [-0.39, 0.29) is 29.4 Å². The highest BCUT2D eigenvalue weighted by Crippen LogP contribution is 2.29. The Morgan fingerprint density at radius 2 is 2.05 bits per heavy atom. The predicted molar refractivity (Wildman–Crippen MR) is 67.2 cm³/mol. The molecule has 1 saturated heterocycles. The molecule has 0 saturated carbocycles. The normalized spacial score (nSPS) is 22.1. The van der Waals surface area contributed by atoms with E-state index in [0.717, 1.165) is 6.07 Å². The number of ether oxygens (including phenoxy) is 2. The summed E-state index contributed by atoms with van der Waals surface area (Å²) in [5, 5.41) is 0. The molecule has 1 fully saturated rings. The number of benzene rings is 1. The van der Waals surface area contributed by atoms with Crippen LogP contribution in [0.1, 0.15) is 16.8 Å². The molecule has 20 heavy (non-hydrogen) atoms. The van der Waals surface area contributed by atoms with Crippen LogP contribution >= 0.6 is 0 Å². The van der Waals surface area contributed by atoms with Crippen LogP contribution in [0.5, 0.6) is 5.75 Å². The summed E-state index contributed by atoms with van der Waals surface area (Å²) < 4.78 is 23.9. The molecule has 0 bridgehead atoms. The predicted octanol–water partition coefficient (Wildman–Crippen LogP) is 1.02. The minimum Gasteiger partial charge on any atom is -0.479 e. The summed E-state index contributed by atoms with van der Waals surface area (Å²) >= 11 is 0. The third kappa shape index (κ3) is 2.38. The van der Waals surface area contributed by atoms with Crippen molar-refractivity contribution in [1.29, 1.82) is 0 Å². The summed E-state index contributed by atoms with van der Waals surface area (Å²) in [4.78, 5) is 25.9. The highest BCUT2D eigenvalue weighted by Gasteiger charge is 2.34. The molecular weight excluding hydrogens is 265 g/mol. The molecule has 3 rings (SSSR count). The van der Waals surface area contributed by atoms with Gasteiger partial charge in [0, 0.05) is 13.1 Å². The van der Waals surface area contributed by atoms with Gasteiger partial charge in [0.15, 0.2) is 11.9 Å². The largest absolute Gasteiger partial charge is 0.479 e. The molecule has 1 unspecified atom stereocenters. The van der Waals surface area contributed by atoms with Gasteiger partial charge >= 0.3 is 0 Å². The maximum atomic E-state index is 13.1. The van der Waals surface area contributed by atoms with Gasteiger partial charge in [0.25, 0.3) is 5.91 Å². The SMILES string of the molecule is O=C1CC(C(=O)N2CCOCC2)Oc2ccc(F)cc21. The van der Waals surface area contributed by atoms with E-state index in [2.05, 4.69) is 0 Å². The van der Waals surface area contributed by atoms with Gasteiger partial charge < -0.3 is 14.4 Å². The molecule has 0 N–H and O–H groups in total. The van der Waals surface area contributed by atoms with Gasteiger partial charge in [-0.25, -0.2) is 4.39 Å². The second-order valence-electron chi connectivity index (χ2n) is 4.81. The van der Waals surface area contributed by atoms with Gasteiger partial charge in [-0.2, -0.15) is 0 Å². The first kappa shape index (κ1) is 13.1. The molecule has 1 aromatic carbocycles.